The van der Waals surface area contributed by atoms with Crippen LogP contribution in [-0.2, 0) is 6.42 Å². The van der Waals surface area contributed by atoms with E-state index >= 15 is 0 Å². The molecule has 0 atom stereocenters. The van der Waals surface area contributed by atoms with Gasteiger partial charge >= 0.3 is 0 Å². The molecule has 0 unspecified atom stereocenters. The smallest absolute Gasteiger partial charge is 0.256 e. The lowest BCUT2D eigenvalue weighted by Crippen LogP contribution is -2.24. The standard InChI is InChI=1S/C11H13N3O3/c1-8-10(6-14-17-8)11(15)12-4-2-3-9-5-13-16-7-9/h5-7H,2-4H2,1H3,(H,12,15). The molecule has 0 fully saturated rings. The first kappa shape index (κ1) is 11.4. The molecular weight excluding hydrogens is 222 g/mol. The molecule has 0 radical (unpaired) electrons. The van der Waals surface area contributed by atoms with Gasteiger partial charge in [-0.2, -0.15) is 0 Å². The molecule has 2 rings (SSSR count). The summed E-state index contributed by atoms with van der Waals surface area (Å²) in [4.78, 5) is 11.6. The Balaban J connectivity index is 1.72. The second kappa shape index (κ2) is 5.29. The van der Waals surface area contributed by atoms with E-state index < -0.39 is 0 Å². The molecule has 0 aliphatic carbocycles. The van der Waals surface area contributed by atoms with Gasteiger partial charge in [-0.25, -0.2) is 0 Å². The van der Waals surface area contributed by atoms with Crippen molar-refractivity contribution in [2.45, 2.75) is 19.8 Å². The molecule has 2 aromatic heterocycles. The first-order valence-corrected chi connectivity index (χ1v) is 5.35. The van der Waals surface area contributed by atoms with Gasteiger partial charge < -0.3 is 14.4 Å². The van der Waals surface area contributed by atoms with Gasteiger partial charge in [0.1, 0.15) is 17.6 Å². The van der Waals surface area contributed by atoms with Crippen LogP contribution in [0.5, 0.6) is 0 Å². The summed E-state index contributed by atoms with van der Waals surface area (Å²) in [6.45, 7) is 2.30. The zero-order valence-corrected chi connectivity index (χ0v) is 9.47. The summed E-state index contributed by atoms with van der Waals surface area (Å²) >= 11 is 0. The number of aryl methyl sites for hydroxylation is 2. The highest BCUT2D eigenvalue weighted by atomic mass is 16.5. The number of nitrogens with one attached hydrogen (secondary N) is 1. The minimum atomic E-state index is -0.158. The third-order valence-electron chi connectivity index (χ3n) is 2.41. The topological polar surface area (TPSA) is 81.2 Å². The second-order valence-corrected chi connectivity index (χ2v) is 3.69. The van der Waals surface area contributed by atoms with Crippen molar-refractivity contribution in [3.05, 3.63) is 35.5 Å². The van der Waals surface area contributed by atoms with E-state index in [1.807, 2.05) is 0 Å². The van der Waals surface area contributed by atoms with E-state index in [9.17, 15) is 4.79 Å². The average Bonchev–Trinajstić information content (AvgIpc) is 2.95. The van der Waals surface area contributed by atoms with Crippen LogP contribution in [-0.4, -0.2) is 22.8 Å². The van der Waals surface area contributed by atoms with E-state index in [1.54, 1.807) is 19.4 Å². The van der Waals surface area contributed by atoms with Gasteiger partial charge in [0.2, 0.25) is 0 Å². The second-order valence-electron chi connectivity index (χ2n) is 3.69. The van der Waals surface area contributed by atoms with Crippen LogP contribution in [0.3, 0.4) is 0 Å². The fourth-order valence-electron chi connectivity index (χ4n) is 1.46. The van der Waals surface area contributed by atoms with Crippen molar-refractivity contribution >= 4 is 5.91 Å². The Hall–Kier alpha value is -2.11. The van der Waals surface area contributed by atoms with Gasteiger partial charge in [-0.3, -0.25) is 4.79 Å². The summed E-state index contributed by atoms with van der Waals surface area (Å²) in [5, 5.41) is 9.96. The molecule has 2 aromatic rings. The van der Waals surface area contributed by atoms with E-state index in [2.05, 4.69) is 15.6 Å². The molecule has 2 heterocycles. The molecule has 0 saturated heterocycles. The number of amides is 1. The van der Waals surface area contributed by atoms with Crippen LogP contribution in [0.2, 0.25) is 0 Å². The summed E-state index contributed by atoms with van der Waals surface area (Å²) < 4.78 is 9.53. The zero-order chi connectivity index (χ0) is 12.1. The van der Waals surface area contributed by atoms with Gasteiger partial charge in [0, 0.05) is 12.1 Å². The lowest BCUT2D eigenvalue weighted by molar-refractivity contribution is 0.0951. The highest BCUT2D eigenvalue weighted by molar-refractivity contribution is 5.94. The fraction of sp³-hybridized carbons (Fsp3) is 0.364. The van der Waals surface area contributed by atoms with Gasteiger partial charge in [-0.1, -0.05) is 10.3 Å². The van der Waals surface area contributed by atoms with E-state index in [1.165, 1.54) is 6.20 Å². The Morgan fingerprint density at radius 2 is 2.29 bits per heavy atom. The fourth-order valence-corrected chi connectivity index (χ4v) is 1.46. The van der Waals surface area contributed by atoms with E-state index in [4.69, 9.17) is 9.05 Å². The van der Waals surface area contributed by atoms with Gasteiger partial charge in [0.15, 0.2) is 0 Å². The normalized spacial score (nSPS) is 10.4. The molecule has 6 nitrogen and oxygen atoms in total. The van der Waals surface area contributed by atoms with Crippen molar-refractivity contribution in [1.82, 2.24) is 15.6 Å². The summed E-state index contributed by atoms with van der Waals surface area (Å²) in [5.41, 5.74) is 1.51. The van der Waals surface area contributed by atoms with E-state index in [-0.39, 0.29) is 5.91 Å². The first-order chi connectivity index (χ1) is 8.27. The predicted molar refractivity (Wildman–Crippen MR) is 58.4 cm³/mol. The number of carbonyl (C=O) groups is 1. The lowest BCUT2D eigenvalue weighted by Gasteiger charge is -2.02. The van der Waals surface area contributed by atoms with E-state index in [0.717, 1.165) is 18.4 Å². The largest absolute Gasteiger partial charge is 0.364 e. The molecule has 1 N–H and O–H groups in total. The molecule has 0 saturated carbocycles. The van der Waals surface area contributed by atoms with Crippen LogP contribution in [0.25, 0.3) is 0 Å². The molecule has 6 heteroatoms. The van der Waals surface area contributed by atoms with Gasteiger partial charge in [-0.05, 0) is 19.8 Å². The number of rotatable bonds is 5. The highest BCUT2D eigenvalue weighted by Gasteiger charge is 2.11. The van der Waals surface area contributed by atoms with Crippen LogP contribution in [0.1, 0.15) is 28.1 Å². The summed E-state index contributed by atoms with van der Waals surface area (Å²) in [6.07, 6.45) is 6.35. The van der Waals surface area contributed by atoms with Crippen molar-refractivity contribution < 1.29 is 13.8 Å². The monoisotopic (exact) mass is 235 g/mol. The molecule has 17 heavy (non-hydrogen) atoms. The van der Waals surface area contributed by atoms with Crippen molar-refractivity contribution in [2.75, 3.05) is 6.54 Å². The van der Waals surface area contributed by atoms with Crippen LogP contribution in [0, 0.1) is 6.92 Å². The Labute approximate surface area is 98.0 Å². The summed E-state index contributed by atoms with van der Waals surface area (Å²) in [6, 6.07) is 0. The number of hydrogen-bond acceptors (Lipinski definition) is 5. The zero-order valence-electron chi connectivity index (χ0n) is 9.47. The minimum absolute atomic E-state index is 0.158. The maximum absolute atomic E-state index is 11.6. The van der Waals surface area contributed by atoms with Gasteiger partial charge in [0.25, 0.3) is 5.91 Å². The molecule has 0 aromatic carbocycles. The van der Waals surface area contributed by atoms with Crippen molar-refractivity contribution in [1.29, 1.82) is 0 Å². The molecule has 0 spiro atoms. The van der Waals surface area contributed by atoms with E-state index in [0.29, 0.717) is 17.9 Å². The first-order valence-electron chi connectivity index (χ1n) is 5.35. The quantitative estimate of drug-likeness (QED) is 0.791. The van der Waals surface area contributed by atoms with Crippen molar-refractivity contribution in [3.63, 3.8) is 0 Å². The van der Waals surface area contributed by atoms with Crippen LogP contribution in [0.15, 0.2) is 27.7 Å². The predicted octanol–water partition coefficient (Wildman–Crippen LogP) is 1.33. The van der Waals surface area contributed by atoms with Gasteiger partial charge in [-0.15, -0.1) is 0 Å². The summed E-state index contributed by atoms with van der Waals surface area (Å²) in [7, 11) is 0. The molecule has 0 aliphatic rings. The lowest BCUT2D eigenvalue weighted by atomic mass is 10.2. The van der Waals surface area contributed by atoms with Crippen molar-refractivity contribution in [2.24, 2.45) is 0 Å². The van der Waals surface area contributed by atoms with Crippen LogP contribution in [0.4, 0.5) is 0 Å². The number of hydrogen-bond donors (Lipinski definition) is 1. The minimum Gasteiger partial charge on any atom is -0.364 e. The molecule has 90 valence electrons. The molecule has 0 aliphatic heterocycles. The van der Waals surface area contributed by atoms with Gasteiger partial charge in [0.05, 0.1) is 12.4 Å². The maximum atomic E-state index is 11.6. The summed E-state index contributed by atoms with van der Waals surface area (Å²) in [5.74, 6) is 0.371. The Kier molecular flexibility index (Phi) is 3.54. The number of nitrogens with zero attached hydrogens (tertiary/aromatic N) is 2. The maximum Gasteiger partial charge on any atom is 0.256 e. The molecule has 1 amide bonds. The number of aromatic nitrogens is 2. The SMILES string of the molecule is Cc1oncc1C(=O)NCCCc1cnoc1. The average molecular weight is 235 g/mol. The highest BCUT2D eigenvalue weighted by Crippen LogP contribution is 2.05. The Bertz CT molecular complexity index is 476. The molecule has 0 bridgehead atoms. The van der Waals surface area contributed by atoms with Crippen molar-refractivity contribution in [3.8, 4) is 0 Å². The number of carbonyl (C=O) groups excluding carboxylic acids is 1. The Morgan fingerprint density at radius 3 is 2.94 bits per heavy atom. The van der Waals surface area contributed by atoms with Crippen LogP contribution < -0.4 is 5.32 Å². The third kappa shape index (κ3) is 2.93. The third-order valence-corrected chi connectivity index (χ3v) is 2.41. The Morgan fingerprint density at radius 1 is 1.41 bits per heavy atom. The van der Waals surface area contributed by atoms with Crippen LogP contribution >= 0.6 is 0 Å². The molecular formula is C11H13N3O3.